The second-order valence-corrected chi connectivity index (χ2v) is 10.8. The highest BCUT2D eigenvalue weighted by Gasteiger charge is 2.20. The van der Waals surface area contributed by atoms with E-state index in [9.17, 15) is 0 Å². The number of rotatable bonds is 14. The molecule has 1 aliphatic carbocycles. The molecule has 3 aliphatic rings. The van der Waals surface area contributed by atoms with Gasteiger partial charge in [0.1, 0.15) is 11.5 Å². The molecule has 0 bridgehead atoms. The van der Waals surface area contributed by atoms with Gasteiger partial charge in [0, 0.05) is 11.8 Å². The largest absolute Gasteiger partial charge is 0.494 e. The lowest BCUT2D eigenvalue weighted by molar-refractivity contribution is -0.0367. The number of ether oxygens (including phenoxy) is 4. The third-order valence-corrected chi connectivity index (χ3v) is 7.91. The molecule has 2 aromatic carbocycles. The molecular formula is C32H42O4. The van der Waals surface area contributed by atoms with Gasteiger partial charge in [-0.1, -0.05) is 30.3 Å². The van der Waals surface area contributed by atoms with E-state index < -0.39 is 0 Å². The normalized spacial score (nSPS) is 20.3. The van der Waals surface area contributed by atoms with Gasteiger partial charge in [0.2, 0.25) is 0 Å². The lowest BCUT2D eigenvalue weighted by Gasteiger charge is -2.25. The highest BCUT2D eigenvalue weighted by atomic mass is 16.5. The fourth-order valence-corrected chi connectivity index (χ4v) is 5.38. The van der Waals surface area contributed by atoms with Crippen LogP contribution in [0.2, 0.25) is 0 Å². The quantitative estimate of drug-likeness (QED) is 0.258. The van der Waals surface area contributed by atoms with Gasteiger partial charge in [-0.05, 0) is 105 Å². The average molecular weight is 491 g/mol. The zero-order chi connectivity index (χ0) is 24.4. The number of allylic oxidation sites excluding steroid dienone is 2. The van der Waals surface area contributed by atoms with Crippen molar-refractivity contribution < 1.29 is 18.9 Å². The molecule has 1 unspecified atom stereocenters. The molecular weight excluding hydrogens is 448 g/mol. The minimum absolute atomic E-state index is 0.570. The summed E-state index contributed by atoms with van der Waals surface area (Å²) in [6.07, 6.45) is 13.1. The lowest BCUT2D eigenvalue weighted by atomic mass is 9.81. The topological polar surface area (TPSA) is 36.9 Å². The van der Waals surface area contributed by atoms with Crippen LogP contribution in [0.4, 0.5) is 0 Å². The summed E-state index contributed by atoms with van der Waals surface area (Å²) in [5.41, 5.74) is 4.20. The Bertz CT molecular complexity index is 941. The van der Waals surface area contributed by atoms with E-state index in [0.717, 1.165) is 88.7 Å². The van der Waals surface area contributed by atoms with Crippen LogP contribution in [0.5, 0.6) is 11.5 Å². The standard InChI is InChI=1S/C32H42O4/c1(6-25-21-33-22-25)3-18-35-31-14-10-27(11-15-31)29-8-5-9-30(20-29)28-12-16-32(17-13-28)36-19-4-2-7-26-23-34-24-26/h8,10-17,25-26,30H,1-7,9,18-24H2. The second-order valence-electron chi connectivity index (χ2n) is 10.8. The Morgan fingerprint density at radius 3 is 1.75 bits per heavy atom. The summed E-state index contributed by atoms with van der Waals surface area (Å²) in [5.74, 6) is 4.12. The van der Waals surface area contributed by atoms with E-state index in [1.165, 1.54) is 48.8 Å². The van der Waals surface area contributed by atoms with E-state index in [0.29, 0.717) is 5.92 Å². The third kappa shape index (κ3) is 7.36. The average Bonchev–Trinajstić information content (AvgIpc) is 2.87. The summed E-state index contributed by atoms with van der Waals surface area (Å²) >= 11 is 0. The number of hydrogen-bond acceptors (Lipinski definition) is 4. The van der Waals surface area contributed by atoms with Crippen molar-refractivity contribution in [2.45, 2.75) is 63.7 Å². The summed E-state index contributed by atoms with van der Waals surface area (Å²) in [4.78, 5) is 0. The Labute approximate surface area is 217 Å². The molecule has 0 spiro atoms. The van der Waals surface area contributed by atoms with Gasteiger partial charge in [-0.25, -0.2) is 0 Å². The summed E-state index contributed by atoms with van der Waals surface area (Å²) < 4.78 is 22.4. The van der Waals surface area contributed by atoms with E-state index >= 15 is 0 Å². The molecule has 0 N–H and O–H groups in total. The van der Waals surface area contributed by atoms with Gasteiger partial charge in [-0.15, -0.1) is 0 Å². The van der Waals surface area contributed by atoms with Gasteiger partial charge in [0.05, 0.1) is 39.6 Å². The van der Waals surface area contributed by atoms with Crippen molar-refractivity contribution in [3.63, 3.8) is 0 Å². The van der Waals surface area contributed by atoms with Crippen molar-refractivity contribution in [1.29, 1.82) is 0 Å². The van der Waals surface area contributed by atoms with E-state index in [2.05, 4.69) is 54.6 Å². The van der Waals surface area contributed by atoms with Crippen molar-refractivity contribution in [2.24, 2.45) is 11.8 Å². The summed E-state index contributed by atoms with van der Waals surface area (Å²) in [6.45, 7) is 5.42. The van der Waals surface area contributed by atoms with Crippen molar-refractivity contribution in [2.75, 3.05) is 39.6 Å². The predicted molar refractivity (Wildman–Crippen MR) is 145 cm³/mol. The maximum Gasteiger partial charge on any atom is 0.119 e. The number of unbranched alkanes of at least 4 members (excludes halogenated alkanes) is 2. The second kappa shape index (κ2) is 13.3. The van der Waals surface area contributed by atoms with E-state index in [-0.39, 0.29) is 0 Å². The van der Waals surface area contributed by atoms with Gasteiger partial charge in [-0.2, -0.15) is 0 Å². The molecule has 0 radical (unpaired) electrons. The monoisotopic (exact) mass is 490 g/mol. The molecule has 0 amide bonds. The van der Waals surface area contributed by atoms with Crippen LogP contribution in [0.3, 0.4) is 0 Å². The van der Waals surface area contributed by atoms with E-state index in [4.69, 9.17) is 18.9 Å². The SMILES string of the molecule is C1=C(c2ccc(OCCCCC3COC3)cc2)CC(c2ccc(OCCCCC3COC3)cc2)CC1. The van der Waals surface area contributed by atoms with Crippen molar-refractivity contribution in [3.05, 3.63) is 65.7 Å². The molecule has 5 rings (SSSR count). The smallest absolute Gasteiger partial charge is 0.119 e. The fraction of sp³-hybridized carbons (Fsp3) is 0.562. The van der Waals surface area contributed by atoms with Gasteiger partial charge in [0.15, 0.2) is 0 Å². The number of benzene rings is 2. The highest BCUT2D eigenvalue weighted by molar-refractivity contribution is 5.67. The molecule has 2 heterocycles. The van der Waals surface area contributed by atoms with Crippen LogP contribution in [0.15, 0.2) is 54.6 Å². The molecule has 2 aliphatic heterocycles. The van der Waals surface area contributed by atoms with Gasteiger partial charge in [0.25, 0.3) is 0 Å². The molecule has 4 nitrogen and oxygen atoms in total. The minimum atomic E-state index is 0.570. The first-order chi connectivity index (χ1) is 17.8. The van der Waals surface area contributed by atoms with Crippen LogP contribution in [-0.4, -0.2) is 39.6 Å². The van der Waals surface area contributed by atoms with Crippen molar-refractivity contribution in [3.8, 4) is 11.5 Å². The van der Waals surface area contributed by atoms with Gasteiger partial charge < -0.3 is 18.9 Å². The maximum atomic E-state index is 5.98. The van der Waals surface area contributed by atoms with Crippen LogP contribution in [0.1, 0.15) is 74.8 Å². The summed E-state index contributed by atoms with van der Waals surface area (Å²) in [7, 11) is 0. The third-order valence-electron chi connectivity index (χ3n) is 7.91. The summed E-state index contributed by atoms with van der Waals surface area (Å²) in [6, 6.07) is 17.6. The van der Waals surface area contributed by atoms with E-state index in [1.807, 2.05) is 0 Å². The Morgan fingerprint density at radius 1 is 0.667 bits per heavy atom. The summed E-state index contributed by atoms with van der Waals surface area (Å²) in [5, 5.41) is 0. The molecule has 2 saturated heterocycles. The molecule has 4 heteroatoms. The first-order valence-electron chi connectivity index (χ1n) is 14.1. The molecule has 0 saturated carbocycles. The van der Waals surface area contributed by atoms with Crippen LogP contribution in [0, 0.1) is 11.8 Å². The molecule has 0 aromatic heterocycles. The zero-order valence-corrected chi connectivity index (χ0v) is 21.7. The molecule has 2 aromatic rings. The zero-order valence-electron chi connectivity index (χ0n) is 21.7. The molecule has 2 fully saturated rings. The van der Waals surface area contributed by atoms with Crippen LogP contribution in [0.25, 0.3) is 5.57 Å². The highest BCUT2D eigenvalue weighted by Crippen LogP contribution is 2.38. The van der Waals surface area contributed by atoms with Crippen LogP contribution in [-0.2, 0) is 9.47 Å². The van der Waals surface area contributed by atoms with Gasteiger partial charge in [-0.3, -0.25) is 0 Å². The van der Waals surface area contributed by atoms with Crippen molar-refractivity contribution >= 4 is 5.57 Å². The van der Waals surface area contributed by atoms with Crippen molar-refractivity contribution in [1.82, 2.24) is 0 Å². The Kier molecular flexibility index (Phi) is 9.37. The maximum absolute atomic E-state index is 5.98. The van der Waals surface area contributed by atoms with Gasteiger partial charge >= 0.3 is 0 Å². The lowest BCUT2D eigenvalue weighted by Crippen LogP contribution is -2.27. The Hall–Kier alpha value is -2.30. The first kappa shape index (κ1) is 25.4. The predicted octanol–water partition coefficient (Wildman–Crippen LogP) is 7.43. The Balaban J connectivity index is 1.03. The van der Waals surface area contributed by atoms with E-state index in [1.54, 1.807) is 0 Å². The van der Waals surface area contributed by atoms with Crippen LogP contribution >= 0.6 is 0 Å². The minimum Gasteiger partial charge on any atom is -0.494 e. The molecule has 1 atom stereocenters. The Morgan fingerprint density at radius 2 is 1.22 bits per heavy atom. The fourth-order valence-electron chi connectivity index (χ4n) is 5.38. The molecule has 194 valence electrons. The first-order valence-corrected chi connectivity index (χ1v) is 14.1. The molecule has 36 heavy (non-hydrogen) atoms. The van der Waals surface area contributed by atoms with Crippen LogP contribution < -0.4 is 9.47 Å². The number of hydrogen-bond donors (Lipinski definition) is 0.